The standard InChI is InChI=1S/C14H20N2O/c1-14(7-8-14)9-15-11-3-2-4-12-10(11)5-6-13(17)16-12/h5-6,11,15H,2-4,7-9H2,1H3,(H,16,17). The van der Waals surface area contributed by atoms with Gasteiger partial charge in [0.2, 0.25) is 5.56 Å². The van der Waals surface area contributed by atoms with Crippen LogP contribution in [0.3, 0.4) is 0 Å². The van der Waals surface area contributed by atoms with Crippen LogP contribution >= 0.6 is 0 Å². The minimum atomic E-state index is 0.0264. The highest BCUT2D eigenvalue weighted by Gasteiger charge is 2.37. The lowest BCUT2D eigenvalue weighted by Gasteiger charge is -2.27. The van der Waals surface area contributed by atoms with Gasteiger partial charge >= 0.3 is 0 Å². The molecule has 3 nitrogen and oxygen atoms in total. The van der Waals surface area contributed by atoms with Gasteiger partial charge in [-0.1, -0.05) is 13.0 Å². The van der Waals surface area contributed by atoms with Crippen molar-refractivity contribution in [3.63, 3.8) is 0 Å². The maximum Gasteiger partial charge on any atom is 0.248 e. The molecule has 1 heterocycles. The molecule has 0 bridgehead atoms. The summed E-state index contributed by atoms with van der Waals surface area (Å²) in [5.74, 6) is 0. The fourth-order valence-corrected chi connectivity index (χ4v) is 2.67. The number of aromatic amines is 1. The Morgan fingerprint density at radius 2 is 2.29 bits per heavy atom. The molecule has 0 amide bonds. The average Bonchev–Trinajstić information content (AvgIpc) is 3.05. The quantitative estimate of drug-likeness (QED) is 0.838. The van der Waals surface area contributed by atoms with Gasteiger partial charge in [0.15, 0.2) is 0 Å². The Morgan fingerprint density at radius 1 is 1.47 bits per heavy atom. The molecule has 0 radical (unpaired) electrons. The van der Waals surface area contributed by atoms with Crippen LogP contribution in [0.4, 0.5) is 0 Å². The molecular weight excluding hydrogens is 212 g/mol. The second-order valence-electron chi connectivity index (χ2n) is 5.89. The van der Waals surface area contributed by atoms with Gasteiger partial charge < -0.3 is 10.3 Å². The molecule has 0 saturated heterocycles. The minimum absolute atomic E-state index is 0.0264. The van der Waals surface area contributed by atoms with E-state index in [9.17, 15) is 4.79 Å². The zero-order chi connectivity index (χ0) is 11.9. The molecule has 92 valence electrons. The van der Waals surface area contributed by atoms with Crippen molar-refractivity contribution in [2.45, 2.75) is 45.1 Å². The van der Waals surface area contributed by atoms with Crippen molar-refractivity contribution in [1.29, 1.82) is 0 Å². The fraction of sp³-hybridized carbons (Fsp3) is 0.643. The van der Waals surface area contributed by atoms with Crippen LogP contribution in [0.1, 0.15) is 49.9 Å². The van der Waals surface area contributed by atoms with Crippen LogP contribution < -0.4 is 10.9 Å². The van der Waals surface area contributed by atoms with E-state index < -0.39 is 0 Å². The Balaban J connectivity index is 1.76. The first kappa shape index (κ1) is 11.0. The van der Waals surface area contributed by atoms with Gasteiger partial charge in [-0.25, -0.2) is 0 Å². The summed E-state index contributed by atoms with van der Waals surface area (Å²) in [6.45, 7) is 3.45. The molecule has 1 saturated carbocycles. The van der Waals surface area contributed by atoms with Crippen molar-refractivity contribution in [3.8, 4) is 0 Å². The summed E-state index contributed by atoms with van der Waals surface area (Å²) < 4.78 is 0. The normalized spacial score (nSPS) is 25.4. The van der Waals surface area contributed by atoms with Crippen molar-refractivity contribution >= 4 is 0 Å². The van der Waals surface area contributed by atoms with E-state index >= 15 is 0 Å². The van der Waals surface area contributed by atoms with E-state index in [0.29, 0.717) is 11.5 Å². The SMILES string of the molecule is CC1(CNC2CCCc3[nH]c(=O)ccc32)CC1. The van der Waals surface area contributed by atoms with E-state index in [0.717, 1.165) is 18.7 Å². The number of hydrogen-bond acceptors (Lipinski definition) is 2. The van der Waals surface area contributed by atoms with Gasteiger partial charge in [0.05, 0.1) is 0 Å². The molecule has 1 aromatic heterocycles. The molecule has 3 rings (SSSR count). The smallest absolute Gasteiger partial charge is 0.248 e. The molecule has 1 atom stereocenters. The first-order valence-electron chi connectivity index (χ1n) is 6.62. The lowest BCUT2D eigenvalue weighted by molar-refractivity contribution is 0.401. The second kappa shape index (κ2) is 3.98. The predicted molar refractivity (Wildman–Crippen MR) is 68.1 cm³/mol. The van der Waals surface area contributed by atoms with E-state index in [1.807, 2.05) is 6.07 Å². The Bertz CT molecular complexity index is 473. The highest BCUT2D eigenvalue weighted by molar-refractivity contribution is 5.26. The molecule has 2 aliphatic carbocycles. The Labute approximate surface area is 102 Å². The zero-order valence-electron chi connectivity index (χ0n) is 10.4. The number of H-pyrrole nitrogens is 1. The van der Waals surface area contributed by atoms with E-state index in [1.54, 1.807) is 6.07 Å². The zero-order valence-corrected chi connectivity index (χ0v) is 10.4. The highest BCUT2D eigenvalue weighted by Crippen LogP contribution is 2.44. The third-order valence-electron chi connectivity index (χ3n) is 4.21. The first-order chi connectivity index (χ1) is 8.16. The summed E-state index contributed by atoms with van der Waals surface area (Å²) in [7, 11) is 0. The number of aryl methyl sites for hydroxylation is 1. The molecule has 0 aromatic carbocycles. The van der Waals surface area contributed by atoms with Crippen molar-refractivity contribution in [3.05, 3.63) is 33.7 Å². The number of pyridine rings is 1. The van der Waals surface area contributed by atoms with Crippen molar-refractivity contribution in [1.82, 2.24) is 10.3 Å². The predicted octanol–water partition coefficient (Wildman–Crippen LogP) is 2.14. The van der Waals surface area contributed by atoms with Gasteiger partial charge in [-0.2, -0.15) is 0 Å². The Hall–Kier alpha value is -1.09. The van der Waals surface area contributed by atoms with Crippen molar-refractivity contribution in [2.75, 3.05) is 6.54 Å². The minimum Gasteiger partial charge on any atom is -0.326 e. The number of rotatable bonds is 3. The molecule has 1 aromatic rings. The summed E-state index contributed by atoms with van der Waals surface area (Å²) in [6, 6.07) is 4.09. The van der Waals surface area contributed by atoms with E-state index in [4.69, 9.17) is 0 Å². The number of aromatic nitrogens is 1. The van der Waals surface area contributed by atoms with Gasteiger partial charge in [0.25, 0.3) is 0 Å². The Morgan fingerprint density at radius 3 is 3.06 bits per heavy atom. The largest absolute Gasteiger partial charge is 0.326 e. The molecule has 17 heavy (non-hydrogen) atoms. The second-order valence-corrected chi connectivity index (χ2v) is 5.89. The summed E-state index contributed by atoms with van der Waals surface area (Å²) in [5.41, 5.74) is 3.01. The van der Waals surface area contributed by atoms with Crippen LogP contribution in [-0.2, 0) is 6.42 Å². The summed E-state index contributed by atoms with van der Waals surface area (Å²) in [5, 5.41) is 3.68. The maximum absolute atomic E-state index is 11.3. The van der Waals surface area contributed by atoms with Crippen LogP contribution in [0, 0.1) is 5.41 Å². The number of fused-ring (bicyclic) bond motifs is 1. The van der Waals surface area contributed by atoms with Crippen LogP contribution in [0.25, 0.3) is 0 Å². The number of nitrogens with one attached hydrogen (secondary N) is 2. The van der Waals surface area contributed by atoms with Crippen molar-refractivity contribution in [2.24, 2.45) is 5.41 Å². The highest BCUT2D eigenvalue weighted by atomic mass is 16.1. The van der Waals surface area contributed by atoms with E-state index in [1.165, 1.54) is 31.2 Å². The van der Waals surface area contributed by atoms with Crippen LogP contribution in [-0.4, -0.2) is 11.5 Å². The molecule has 3 heteroatoms. The molecular formula is C14H20N2O. The van der Waals surface area contributed by atoms with Gasteiger partial charge in [-0.3, -0.25) is 4.79 Å². The average molecular weight is 232 g/mol. The third-order valence-corrected chi connectivity index (χ3v) is 4.21. The van der Waals surface area contributed by atoms with Gasteiger partial charge in [0, 0.05) is 24.3 Å². The molecule has 2 N–H and O–H groups in total. The van der Waals surface area contributed by atoms with Crippen LogP contribution in [0.15, 0.2) is 16.9 Å². The fourth-order valence-electron chi connectivity index (χ4n) is 2.67. The Kier molecular flexibility index (Phi) is 2.58. The lowest BCUT2D eigenvalue weighted by Crippen LogP contribution is -2.31. The monoisotopic (exact) mass is 232 g/mol. The molecule has 1 unspecified atom stereocenters. The summed E-state index contributed by atoms with van der Waals surface area (Å²) in [4.78, 5) is 14.3. The van der Waals surface area contributed by atoms with Crippen molar-refractivity contribution < 1.29 is 0 Å². The van der Waals surface area contributed by atoms with Gasteiger partial charge in [-0.05, 0) is 43.1 Å². The topological polar surface area (TPSA) is 44.9 Å². The summed E-state index contributed by atoms with van der Waals surface area (Å²) in [6.07, 6.45) is 6.08. The maximum atomic E-state index is 11.3. The van der Waals surface area contributed by atoms with E-state index in [2.05, 4.69) is 17.2 Å². The van der Waals surface area contributed by atoms with Crippen LogP contribution in [0.5, 0.6) is 0 Å². The van der Waals surface area contributed by atoms with Gasteiger partial charge in [-0.15, -0.1) is 0 Å². The molecule has 0 spiro atoms. The van der Waals surface area contributed by atoms with Gasteiger partial charge in [0.1, 0.15) is 0 Å². The third kappa shape index (κ3) is 2.29. The van der Waals surface area contributed by atoms with Crippen LogP contribution in [0.2, 0.25) is 0 Å². The summed E-state index contributed by atoms with van der Waals surface area (Å²) >= 11 is 0. The number of hydrogen-bond donors (Lipinski definition) is 2. The molecule has 1 fully saturated rings. The molecule has 2 aliphatic rings. The van der Waals surface area contributed by atoms with E-state index in [-0.39, 0.29) is 5.56 Å². The lowest BCUT2D eigenvalue weighted by atomic mass is 9.91. The first-order valence-corrected chi connectivity index (χ1v) is 6.62. The molecule has 0 aliphatic heterocycles.